The highest BCUT2D eigenvalue weighted by Crippen LogP contribution is 2.25. The lowest BCUT2D eigenvalue weighted by Gasteiger charge is -2.15. The molecule has 1 aromatic rings. The maximum Gasteiger partial charge on any atom is 0.401 e. The van der Waals surface area contributed by atoms with Gasteiger partial charge in [0, 0.05) is 5.56 Å². The Morgan fingerprint density at radius 2 is 1.94 bits per heavy atom. The number of hydrogen-bond donors (Lipinski definition) is 0. The highest BCUT2D eigenvalue weighted by Gasteiger charge is 2.40. The van der Waals surface area contributed by atoms with Crippen LogP contribution < -0.4 is 0 Å². The van der Waals surface area contributed by atoms with Crippen LogP contribution in [0.25, 0.3) is 0 Å². The Bertz CT molecular complexity index is 354. The average molecular weight is 253 g/mol. The summed E-state index contributed by atoms with van der Waals surface area (Å²) < 4.78 is 41.0. The average Bonchev–Trinajstić information content (AvgIpc) is 2.27. The van der Waals surface area contributed by atoms with Crippen molar-refractivity contribution in [1.82, 2.24) is 0 Å². The highest BCUT2D eigenvalue weighted by atomic mass is 35.5. The second kappa shape index (κ2) is 5.32. The summed E-state index contributed by atoms with van der Waals surface area (Å²) in [5.74, 6) is -0.669. The van der Waals surface area contributed by atoms with Crippen molar-refractivity contribution in [1.29, 1.82) is 0 Å². The maximum atomic E-state index is 12.5. The van der Waals surface area contributed by atoms with E-state index in [0.717, 1.165) is 0 Å². The van der Waals surface area contributed by atoms with Crippen LogP contribution in [0.5, 0.6) is 0 Å². The van der Waals surface area contributed by atoms with Crippen LogP contribution in [0, 0.1) is 0 Å². The smallest absolute Gasteiger partial charge is 0.309 e. The molecular formula is C10H8ClF3O2. The summed E-state index contributed by atoms with van der Waals surface area (Å²) in [6.07, 6.45) is -4.16. The Morgan fingerprint density at radius 1 is 1.38 bits per heavy atom. The van der Waals surface area contributed by atoms with Gasteiger partial charge in [0.05, 0.1) is 0 Å². The van der Waals surface area contributed by atoms with E-state index in [4.69, 9.17) is 0 Å². The van der Waals surface area contributed by atoms with Crippen LogP contribution in [0.1, 0.15) is 10.4 Å². The van der Waals surface area contributed by atoms with Gasteiger partial charge in [-0.1, -0.05) is 41.9 Å². The number of benzene rings is 1. The number of carbonyl (C=O) groups excluding carboxylic acids is 1. The molecule has 0 aliphatic carbocycles. The molecule has 0 saturated heterocycles. The maximum absolute atomic E-state index is 12.5. The lowest BCUT2D eigenvalue weighted by molar-refractivity contribution is -0.249. The van der Waals surface area contributed by atoms with E-state index in [1.54, 1.807) is 18.2 Å². The van der Waals surface area contributed by atoms with E-state index in [1.165, 1.54) is 12.1 Å². The summed E-state index contributed by atoms with van der Waals surface area (Å²) in [5.41, 5.74) is -2.76. The van der Waals surface area contributed by atoms with Crippen molar-refractivity contribution in [2.24, 2.45) is 0 Å². The van der Waals surface area contributed by atoms with Gasteiger partial charge in [-0.3, -0.25) is 4.79 Å². The van der Waals surface area contributed by atoms with Crippen molar-refractivity contribution >= 4 is 17.4 Å². The van der Waals surface area contributed by atoms with Gasteiger partial charge in [-0.15, -0.1) is 0 Å². The number of hydrogen-bond acceptors (Lipinski definition) is 2. The number of Topliss-reactive ketones (excluding diaryl/α,β-unsaturated/α-hetero) is 1. The fourth-order valence-corrected chi connectivity index (χ4v) is 0.995. The third kappa shape index (κ3) is 3.50. The predicted octanol–water partition coefficient (Wildman–Crippen LogP) is 3.01. The molecule has 88 valence electrons. The first kappa shape index (κ1) is 13.0. The van der Waals surface area contributed by atoms with E-state index in [0.29, 0.717) is 0 Å². The summed E-state index contributed by atoms with van der Waals surface area (Å²) in [4.78, 5) is 11.3. The van der Waals surface area contributed by atoms with Crippen LogP contribution in [0.2, 0.25) is 0 Å². The van der Waals surface area contributed by atoms with Gasteiger partial charge < -0.3 is 4.74 Å². The zero-order valence-electron chi connectivity index (χ0n) is 8.00. The van der Waals surface area contributed by atoms with Crippen LogP contribution >= 0.6 is 11.6 Å². The minimum Gasteiger partial charge on any atom is -0.309 e. The standard InChI is InChI=1S/C10H8ClF3O2/c11-9(12)10(13,14)16-6-8(15)7-4-2-1-3-5-7/h1-5,9H,6H2/t9-/m1/s1. The van der Waals surface area contributed by atoms with Crippen LogP contribution in [0.3, 0.4) is 0 Å². The topological polar surface area (TPSA) is 26.3 Å². The molecule has 2 nitrogen and oxygen atoms in total. The van der Waals surface area contributed by atoms with Crippen molar-refractivity contribution in [3.63, 3.8) is 0 Å². The molecule has 0 heterocycles. The summed E-state index contributed by atoms with van der Waals surface area (Å²) in [7, 11) is 0. The summed E-state index contributed by atoms with van der Waals surface area (Å²) in [6.45, 7) is -0.926. The first-order chi connectivity index (χ1) is 7.43. The van der Waals surface area contributed by atoms with Gasteiger partial charge in [-0.2, -0.15) is 8.78 Å². The Hall–Kier alpha value is -1.07. The quantitative estimate of drug-likeness (QED) is 0.595. The lowest BCUT2D eigenvalue weighted by atomic mass is 10.1. The minimum atomic E-state index is -4.16. The Labute approximate surface area is 95.0 Å². The summed E-state index contributed by atoms with van der Waals surface area (Å²) in [5, 5.41) is 0. The van der Waals surface area contributed by atoms with Crippen molar-refractivity contribution in [3.8, 4) is 0 Å². The largest absolute Gasteiger partial charge is 0.401 e. The molecule has 0 unspecified atom stereocenters. The molecule has 0 aliphatic heterocycles. The van der Waals surface area contributed by atoms with Crippen LogP contribution in [0.4, 0.5) is 13.2 Å². The number of carbonyl (C=O) groups is 1. The van der Waals surface area contributed by atoms with Crippen LogP contribution in [0.15, 0.2) is 30.3 Å². The molecule has 0 fully saturated rings. The number of alkyl halides is 4. The Morgan fingerprint density at radius 3 is 2.44 bits per heavy atom. The van der Waals surface area contributed by atoms with E-state index < -0.39 is 24.1 Å². The van der Waals surface area contributed by atoms with E-state index in [1.807, 2.05) is 0 Å². The Balaban J connectivity index is 2.54. The zero-order valence-corrected chi connectivity index (χ0v) is 8.76. The fourth-order valence-electron chi connectivity index (χ4n) is 0.932. The summed E-state index contributed by atoms with van der Waals surface area (Å²) in [6, 6.07) is 7.70. The second-order valence-electron chi connectivity index (χ2n) is 2.94. The fraction of sp³-hybridized carbons (Fsp3) is 0.300. The Kier molecular flexibility index (Phi) is 4.32. The highest BCUT2D eigenvalue weighted by molar-refractivity contribution is 6.20. The molecule has 6 heteroatoms. The van der Waals surface area contributed by atoms with Gasteiger partial charge in [0.1, 0.15) is 6.61 Å². The molecule has 16 heavy (non-hydrogen) atoms. The molecule has 0 bridgehead atoms. The predicted molar refractivity (Wildman–Crippen MR) is 52.4 cm³/mol. The van der Waals surface area contributed by atoms with E-state index >= 15 is 0 Å². The number of ether oxygens (including phenoxy) is 1. The lowest BCUT2D eigenvalue weighted by Crippen LogP contribution is -2.31. The van der Waals surface area contributed by atoms with E-state index in [9.17, 15) is 18.0 Å². The van der Waals surface area contributed by atoms with Gasteiger partial charge >= 0.3 is 6.11 Å². The van der Waals surface area contributed by atoms with Crippen LogP contribution in [-0.4, -0.2) is 24.1 Å². The molecule has 0 radical (unpaired) electrons. The molecule has 1 atom stereocenters. The number of ketones is 1. The monoisotopic (exact) mass is 252 g/mol. The third-order valence-corrected chi connectivity index (χ3v) is 2.00. The molecule has 0 amide bonds. The van der Waals surface area contributed by atoms with Crippen molar-refractivity contribution < 1.29 is 22.7 Å². The first-order valence-corrected chi connectivity index (χ1v) is 4.75. The molecule has 0 aromatic heterocycles. The van der Waals surface area contributed by atoms with Gasteiger partial charge in [0.2, 0.25) is 0 Å². The third-order valence-electron chi connectivity index (χ3n) is 1.75. The van der Waals surface area contributed by atoms with Gasteiger partial charge in [-0.25, -0.2) is 4.39 Å². The minimum absolute atomic E-state index is 0.211. The molecule has 0 aliphatic rings. The molecule has 0 N–H and O–H groups in total. The number of rotatable bonds is 5. The van der Waals surface area contributed by atoms with Crippen LogP contribution in [-0.2, 0) is 4.74 Å². The van der Waals surface area contributed by atoms with Crippen molar-refractivity contribution in [2.45, 2.75) is 11.7 Å². The molecule has 0 saturated carbocycles. The van der Waals surface area contributed by atoms with Gasteiger partial charge in [-0.05, 0) is 0 Å². The SMILES string of the molecule is O=C(COC(F)(F)[C@@H](F)Cl)c1ccccc1. The molecular weight excluding hydrogens is 245 g/mol. The van der Waals surface area contributed by atoms with Crippen molar-refractivity contribution in [2.75, 3.05) is 6.61 Å². The zero-order chi connectivity index (χ0) is 12.2. The van der Waals surface area contributed by atoms with E-state index in [2.05, 4.69) is 16.3 Å². The normalized spacial score (nSPS) is 13.5. The van der Waals surface area contributed by atoms with Crippen molar-refractivity contribution in [3.05, 3.63) is 35.9 Å². The summed E-state index contributed by atoms with van der Waals surface area (Å²) >= 11 is 4.55. The van der Waals surface area contributed by atoms with E-state index in [-0.39, 0.29) is 5.56 Å². The molecule has 0 spiro atoms. The molecule has 1 aromatic carbocycles. The van der Waals surface area contributed by atoms with Gasteiger partial charge in [0.25, 0.3) is 5.63 Å². The second-order valence-corrected chi connectivity index (χ2v) is 3.32. The first-order valence-electron chi connectivity index (χ1n) is 4.31. The molecule has 1 rings (SSSR count). The number of halogens is 4. The van der Waals surface area contributed by atoms with Gasteiger partial charge in [0.15, 0.2) is 5.78 Å².